The van der Waals surface area contributed by atoms with Crippen LogP contribution in [0.15, 0.2) is 84.9 Å². The summed E-state index contributed by atoms with van der Waals surface area (Å²) in [6.07, 6.45) is 0. The highest BCUT2D eigenvalue weighted by atomic mass is 35.5. The molecule has 0 aliphatic carbocycles. The molecule has 1 aliphatic heterocycles. The van der Waals surface area contributed by atoms with E-state index >= 15 is 0 Å². The largest absolute Gasteiger partial charge is 0.336 e. The van der Waals surface area contributed by atoms with Crippen molar-refractivity contribution < 1.29 is 4.79 Å². The van der Waals surface area contributed by atoms with Crippen molar-refractivity contribution in [3.8, 4) is 0 Å². The van der Waals surface area contributed by atoms with E-state index in [-0.39, 0.29) is 11.9 Å². The minimum absolute atomic E-state index is 0.0538. The number of nitrogens with zero attached hydrogens (tertiary/aromatic N) is 2. The molecule has 3 nitrogen and oxygen atoms in total. The van der Waals surface area contributed by atoms with Gasteiger partial charge in [0.2, 0.25) is 0 Å². The fourth-order valence-electron chi connectivity index (χ4n) is 3.87. The molecule has 0 N–H and O–H groups in total. The normalized spacial score (nSPS) is 15.0. The summed E-state index contributed by atoms with van der Waals surface area (Å²) in [7, 11) is 0. The monoisotopic (exact) mass is 390 g/mol. The van der Waals surface area contributed by atoms with E-state index in [1.54, 1.807) is 12.1 Å². The third-order valence-electron chi connectivity index (χ3n) is 5.27. The van der Waals surface area contributed by atoms with Crippen LogP contribution in [-0.2, 0) is 0 Å². The number of hydrogen-bond donors (Lipinski definition) is 0. The molecule has 3 aromatic rings. The second-order valence-corrected chi connectivity index (χ2v) is 7.50. The summed E-state index contributed by atoms with van der Waals surface area (Å²) in [5.41, 5.74) is 3.22. The standard InChI is InChI=1S/C24H23ClN2O/c25-22-13-7-12-21(18-22)24(28)27-16-14-26(15-17-27)23(19-8-3-1-4-9-19)20-10-5-2-6-11-20/h1-13,18,23H,14-17H2. The molecule has 1 aliphatic rings. The second kappa shape index (κ2) is 8.59. The Balaban J connectivity index is 1.51. The van der Waals surface area contributed by atoms with Crippen LogP contribution < -0.4 is 0 Å². The zero-order valence-corrected chi connectivity index (χ0v) is 16.4. The fraction of sp³-hybridized carbons (Fsp3) is 0.208. The minimum Gasteiger partial charge on any atom is -0.336 e. The maximum atomic E-state index is 12.8. The third-order valence-corrected chi connectivity index (χ3v) is 5.50. The Morgan fingerprint density at radius 1 is 0.750 bits per heavy atom. The van der Waals surface area contributed by atoms with Crippen LogP contribution >= 0.6 is 11.6 Å². The maximum Gasteiger partial charge on any atom is 0.253 e. The van der Waals surface area contributed by atoms with Crippen molar-refractivity contribution in [1.29, 1.82) is 0 Å². The van der Waals surface area contributed by atoms with E-state index in [1.807, 2.05) is 29.2 Å². The summed E-state index contributed by atoms with van der Waals surface area (Å²) < 4.78 is 0. The summed E-state index contributed by atoms with van der Waals surface area (Å²) in [5.74, 6) is 0.0538. The lowest BCUT2D eigenvalue weighted by atomic mass is 9.96. The molecule has 1 saturated heterocycles. The fourth-order valence-corrected chi connectivity index (χ4v) is 4.06. The van der Waals surface area contributed by atoms with E-state index in [4.69, 9.17) is 11.6 Å². The first kappa shape index (κ1) is 18.7. The zero-order valence-electron chi connectivity index (χ0n) is 15.7. The van der Waals surface area contributed by atoms with Gasteiger partial charge in [-0.25, -0.2) is 0 Å². The van der Waals surface area contributed by atoms with Crippen LogP contribution in [0.25, 0.3) is 0 Å². The first-order chi connectivity index (χ1) is 13.7. The van der Waals surface area contributed by atoms with Crippen molar-refractivity contribution in [2.45, 2.75) is 6.04 Å². The number of carbonyl (C=O) groups is 1. The van der Waals surface area contributed by atoms with Gasteiger partial charge in [0.15, 0.2) is 0 Å². The highest BCUT2D eigenvalue weighted by Crippen LogP contribution is 2.29. The molecule has 0 radical (unpaired) electrons. The molecule has 0 aromatic heterocycles. The van der Waals surface area contributed by atoms with Gasteiger partial charge in [0.05, 0.1) is 6.04 Å². The Kier molecular flexibility index (Phi) is 5.75. The van der Waals surface area contributed by atoms with E-state index in [2.05, 4.69) is 53.4 Å². The molecule has 0 atom stereocenters. The van der Waals surface area contributed by atoms with Gasteiger partial charge in [0.1, 0.15) is 0 Å². The van der Waals surface area contributed by atoms with Crippen molar-refractivity contribution in [2.75, 3.05) is 26.2 Å². The summed E-state index contributed by atoms with van der Waals surface area (Å²) >= 11 is 6.05. The molecule has 0 bridgehead atoms. The molecule has 1 fully saturated rings. The molecule has 4 heteroatoms. The molecule has 142 valence electrons. The van der Waals surface area contributed by atoms with Gasteiger partial charge < -0.3 is 4.90 Å². The maximum absolute atomic E-state index is 12.8. The van der Waals surface area contributed by atoms with Gasteiger partial charge in [-0.15, -0.1) is 0 Å². The Bertz CT molecular complexity index is 882. The number of halogens is 1. The Labute approximate surface area is 171 Å². The lowest BCUT2D eigenvalue weighted by Crippen LogP contribution is -2.49. The van der Waals surface area contributed by atoms with Gasteiger partial charge in [-0.2, -0.15) is 0 Å². The molecule has 0 spiro atoms. The number of rotatable bonds is 4. The SMILES string of the molecule is O=C(c1cccc(Cl)c1)N1CCN(C(c2ccccc2)c2ccccc2)CC1. The molecular formula is C24H23ClN2O. The van der Waals surface area contributed by atoms with Gasteiger partial charge in [0.25, 0.3) is 5.91 Å². The Hall–Kier alpha value is -2.62. The van der Waals surface area contributed by atoms with E-state index in [1.165, 1.54) is 11.1 Å². The van der Waals surface area contributed by atoms with Gasteiger partial charge >= 0.3 is 0 Å². The first-order valence-corrected chi connectivity index (χ1v) is 9.99. The third kappa shape index (κ3) is 4.11. The Morgan fingerprint density at radius 2 is 1.32 bits per heavy atom. The van der Waals surface area contributed by atoms with Crippen LogP contribution in [0.4, 0.5) is 0 Å². The number of carbonyl (C=O) groups excluding carboxylic acids is 1. The lowest BCUT2D eigenvalue weighted by molar-refractivity contribution is 0.0597. The molecule has 3 aromatic carbocycles. The van der Waals surface area contributed by atoms with E-state index in [0.717, 1.165) is 13.1 Å². The quantitative estimate of drug-likeness (QED) is 0.633. The van der Waals surface area contributed by atoms with Crippen LogP contribution in [0.2, 0.25) is 5.02 Å². The molecule has 1 amide bonds. The highest BCUT2D eigenvalue weighted by molar-refractivity contribution is 6.30. The van der Waals surface area contributed by atoms with Crippen molar-refractivity contribution in [3.05, 3.63) is 107 Å². The van der Waals surface area contributed by atoms with Crippen molar-refractivity contribution in [2.24, 2.45) is 0 Å². The van der Waals surface area contributed by atoms with Gasteiger partial charge in [-0.05, 0) is 29.3 Å². The second-order valence-electron chi connectivity index (χ2n) is 7.06. The Morgan fingerprint density at radius 3 is 1.86 bits per heavy atom. The number of piperazine rings is 1. The summed E-state index contributed by atoms with van der Waals surface area (Å²) in [5, 5.41) is 0.595. The van der Waals surface area contributed by atoms with Crippen LogP contribution in [0.5, 0.6) is 0 Å². The highest BCUT2D eigenvalue weighted by Gasteiger charge is 2.28. The average Bonchev–Trinajstić information content (AvgIpc) is 2.75. The van der Waals surface area contributed by atoms with Crippen LogP contribution in [-0.4, -0.2) is 41.9 Å². The van der Waals surface area contributed by atoms with E-state index in [0.29, 0.717) is 23.7 Å². The van der Waals surface area contributed by atoms with Gasteiger partial charge in [-0.3, -0.25) is 9.69 Å². The predicted octanol–water partition coefficient (Wildman–Crippen LogP) is 4.89. The smallest absolute Gasteiger partial charge is 0.253 e. The van der Waals surface area contributed by atoms with Crippen LogP contribution in [0, 0.1) is 0 Å². The average molecular weight is 391 g/mol. The molecule has 4 rings (SSSR count). The van der Waals surface area contributed by atoms with Crippen LogP contribution in [0.1, 0.15) is 27.5 Å². The summed E-state index contributed by atoms with van der Waals surface area (Å²) in [6, 6.07) is 28.6. The molecule has 1 heterocycles. The first-order valence-electron chi connectivity index (χ1n) is 9.61. The number of hydrogen-bond acceptors (Lipinski definition) is 2. The summed E-state index contributed by atoms with van der Waals surface area (Å²) in [4.78, 5) is 17.2. The molecular weight excluding hydrogens is 368 g/mol. The number of amides is 1. The topological polar surface area (TPSA) is 23.6 Å². The number of benzene rings is 3. The van der Waals surface area contributed by atoms with Crippen molar-refractivity contribution in [1.82, 2.24) is 9.80 Å². The van der Waals surface area contributed by atoms with Crippen molar-refractivity contribution >= 4 is 17.5 Å². The summed E-state index contributed by atoms with van der Waals surface area (Å²) in [6.45, 7) is 3.09. The molecule has 0 unspecified atom stereocenters. The van der Waals surface area contributed by atoms with Crippen molar-refractivity contribution in [3.63, 3.8) is 0 Å². The van der Waals surface area contributed by atoms with Gasteiger partial charge in [0, 0.05) is 36.8 Å². The van der Waals surface area contributed by atoms with Crippen LogP contribution in [0.3, 0.4) is 0 Å². The van der Waals surface area contributed by atoms with E-state index in [9.17, 15) is 4.79 Å². The molecule has 0 saturated carbocycles. The predicted molar refractivity (Wildman–Crippen MR) is 114 cm³/mol. The zero-order chi connectivity index (χ0) is 19.3. The lowest BCUT2D eigenvalue weighted by Gasteiger charge is -2.39. The molecule has 28 heavy (non-hydrogen) atoms. The minimum atomic E-state index is 0.0538. The van der Waals surface area contributed by atoms with Gasteiger partial charge in [-0.1, -0.05) is 78.3 Å². The van der Waals surface area contributed by atoms with E-state index < -0.39 is 0 Å².